The highest BCUT2D eigenvalue weighted by Crippen LogP contribution is 2.41. The smallest absolute Gasteiger partial charge is 0.0348 e. The molecule has 1 aliphatic rings. The van der Waals surface area contributed by atoms with E-state index in [9.17, 15) is 0 Å². The highest BCUT2D eigenvalue weighted by molar-refractivity contribution is 9.10. The lowest BCUT2D eigenvalue weighted by Gasteiger charge is -2.18. The summed E-state index contributed by atoms with van der Waals surface area (Å²) in [5.41, 5.74) is 2.74. The van der Waals surface area contributed by atoms with E-state index in [1.807, 2.05) is 0 Å². The van der Waals surface area contributed by atoms with Crippen molar-refractivity contribution in [3.63, 3.8) is 0 Å². The Kier molecular flexibility index (Phi) is 3.47. The zero-order valence-corrected chi connectivity index (χ0v) is 11.0. The van der Waals surface area contributed by atoms with Crippen molar-refractivity contribution in [2.24, 2.45) is 5.92 Å². The van der Waals surface area contributed by atoms with Gasteiger partial charge in [-0.05, 0) is 49.4 Å². The number of halogens is 1. The molecule has 1 aromatic carbocycles. The number of benzene rings is 1. The van der Waals surface area contributed by atoms with E-state index in [1.165, 1.54) is 28.4 Å². The molecule has 0 radical (unpaired) electrons. The van der Waals surface area contributed by atoms with Crippen LogP contribution in [-0.4, -0.2) is 6.54 Å². The van der Waals surface area contributed by atoms with Gasteiger partial charge in [-0.25, -0.2) is 0 Å². The van der Waals surface area contributed by atoms with Crippen LogP contribution < -0.4 is 5.32 Å². The van der Waals surface area contributed by atoms with Gasteiger partial charge in [-0.2, -0.15) is 0 Å². The second kappa shape index (κ2) is 4.67. The summed E-state index contributed by atoms with van der Waals surface area (Å²) in [5, 5.41) is 3.59. The Morgan fingerprint density at radius 3 is 2.73 bits per heavy atom. The van der Waals surface area contributed by atoms with Gasteiger partial charge >= 0.3 is 0 Å². The molecule has 1 saturated carbocycles. The quantitative estimate of drug-likeness (QED) is 0.875. The Labute approximate surface area is 100 Å². The summed E-state index contributed by atoms with van der Waals surface area (Å²) in [6, 6.07) is 7.28. The van der Waals surface area contributed by atoms with Crippen LogP contribution in [0, 0.1) is 12.8 Å². The second-order valence-electron chi connectivity index (χ2n) is 4.38. The summed E-state index contributed by atoms with van der Waals surface area (Å²) < 4.78 is 1.23. The minimum Gasteiger partial charge on any atom is -0.310 e. The molecule has 0 aliphatic heterocycles. The van der Waals surface area contributed by atoms with E-state index < -0.39 is 0 Å². The summed E-state index contributed by atoms with van der Waals surface area (Å²) in [4.78, 5) is 0. The predicted molar refractivity (Wildman–Crippen MR) is 68.0 cm³/mol. The third-order valence-electron chi connectivity index (χ3n) is 3.07. The first kappa shape index (κ1) is 11.2. The van der Waals surface area contributed by atoms with Crippen molar-refractivity contribution in [3.05, 3.63) is 33.8 Å². The van der Waals surface area contributed by atoms with E-state index in [-0.39, 0.29) is 0 Å². The van der Waals surface area contributed by atoms with Gasteiger partial charge in [0.05, 0.1) is 0 Å². The molecule has 1 N–H and O–H groups in total. The predicted octanol–water partition coefficient (Wildman–Crippen LogP) is 3.82. The summed E-state index contributed by atoms with van der Waals surface area (Å²) in [7, 11) is 0. The van der Waals surface area contributed by atoms with Gasteiger partial charge in [0.2, 0.25) is 0 Å². The standard InChI is InChI=1S/C13H18BrN/c1-3-15-13(10-6-7-10)11-5-4-9(2)12(14)8-11/h4-5,8,10,13,15H,3,6-7H2,1-2H3. The van der Waals surface area contributed by atoms with Crippen molar-refractivity contribution in [2.75, 3.05) is 6.54 Å². The molecule has 0 bridgehead atoms. The lowest BCUT2D eigenvalue weighted by molar-refractivity contribution is 0.496. The molecule has 0 spiro atoms. The summed E-state index contributed by atoms with van der Waals surface area (Å²) in [6.45, 7) is 5.36. The van der Waals surface area contributed by atoms with Crippen molar-refractivity contribution in [2.45, 2.75) is 32.7 Å². The van der Waals surface area contributed by atoms with Crippen LogP contribution in [0.2, 0.25) is 0 Å². The molecule has 15 heavy (non-hydrogen) atoms. The van der Waals surface area contributed by atoms with E-state index in [0.29, 0.717) is 6.04 Å². The molecule has 82 valence electrons. The fourth-order valence-electron chi connectivity index (χ4n) is 2.01. The number of hydrogen-bond acceptors (Lipinski definition) is 1. The molecule has 0 aromatic heterocycles. The zero-order valence-electron chi connectivity index (χ0n) is 9.39. The number of rotatable bonds is 4. The maximum absolute atomic E-state index is 3.61. The minimum absolute atomic E-state index is 0.562. The SMILES string of the molecule is CCNC(c1ccc(C)c(Br)c1)C1CC1. The minimum atomic E-state index is 0.562. The Hall–Kier alpha value is -0.340. The third kappa shape index (κ3) is 2.61. The van der Waals surface area contributed by atoms with Crippen LogP contribution in [0.15, 0.2) is 22.7 Å². The van der Waals surface area contributed by atoms with E-state index in [4.69, 9.17) is 0 Å². The lowest BCUT2D eigenvalue weighted by atomic mass is 10.0. The fourth-order valence-corrected chi connectivity index (χ4v) is 2.41. The highest BCUT2D eigenvalue weighted by Gasteiger charge is 2.31. The molecule has 1 atom stereocenters. The average Bonchev–Trinajstić information content (AvgIpc) is 3.02. The largest absolute Gasteiger partial charge is 0.310 e. The van der Waals surface area contributed by atoms with Crippen LogP contribution in [0.3, 0.4) is 0 Å². The van der Waals surface area contributed by atoms with Gasteiger partial charge < -0.3 is 5.32 Å². The molecule has 1 unspecified atom stereocenters. The Morgan fingerprint density at radius 2 is 2.20 bits per heavy atom. The average molecular weight is 268 g/mol. The lowest BCUT2D eigenvalue weighted by Crippen LogP contribution is -2.22. The summed E-state index contributed by atoms with van der Waals surface area (Å²) in [6.07, 6.45) is 2.76. The molecule has 2 heteroatoms. The maximum Gasteiger partial charge on any atom is 0.0348 e. The van der Waals surface area contributed by atoms with Crippen molar-refractivity contribution < 1.29 is 0 Å². The topological polar surface area (TPSA) is 12.0 Å². The number of hydrogen-bond donors (Lipinski definition) is 1. The van der Waals surface area contributed by atoms with Crippen LogP contribution in [0.25, 0.3) is 0 Å². The van der Waals surface area contributed by atoms with Gasteiger partial charge in [-0.1, -0.05) is 35.0 Å². The Balaban J connectivity index is 2.21. The van der Waals surface area contributed by atoms with Crippen LogP contribution in [0.5, 0.6) is 0 Å². The van der Waals surface area contributed by atoms with E-state index in [1.54, 1.807) is 0 Å². The molecule has 0 amide bonds. The first-order valence-electron chi connectivity index (χ1n) is 5.71. The molecule has 2 rings (SSSR count). The number of aryl methyl sites for hydroxylation is 1. The van der Waals surface area contributed by atoms with Crippen molar-refractivity contribution in [1.29, 1.82) is 0 Å². The maximum atomic E-state index is 3.61. The van der Waals surface area contributed by atoms with E-state index >= 15 is 0 Å². The molecular weight excluding hydrogens is 250 g/mol. The van der Waals surface area contributed by atoms with Gasteiger partial charge in [0.1, 0.15) is 0 Å². The molecule has 0 heterocycles. The van der Waals surface area contributed by atoms with Crippen molar-refractivity contribution in [1.82, 2.24) is 5.32 Å². The highest BCUT2D eigenvalue weighted by atomic mass is 79.9. The van der Waals surface area contributed by atoms with Gasteiger partial charge in [-0.15, -0.1) is 0 Å². The summed E-state index contributed by atoms with van der Waals surface area (Å²) >= 11 is 3.61. The third-order valence-corrected chi connectivity index (χ3v) is 3.93. The van der Waals surface area contributed by atoms with E-state index in [2.05, 4.69) is 53.3 Å². The molecule has 1 nitrogen and oxygen atoms in total. The normalized spacial score (nSPS) is 17.8. The molecule has 1 fully saturated rings. The van der Waals surface area contributed by atoms with Crippen molar-refractivity contribution >= 4 is 15.9 Å². The second-order valence-corrected chi connectivity index (χ2v) is 5.24. The first-order chi connectivity index (χ1) is 7.22. The van der Waals surface area contributed by atoms with Gasteiger partial charge in [0, 0.05) is 10.5 Å². The van der Waals surface area contributed by atoms with Gasteiger partial charge in [-0.3, -0.25) is 0 Å². The van der Waals surface area contributed by atoms with Crippen LogP contribution in [0.1, 0.15) is 36.9 Å². The van der Waals surface area contributed by atoms with Gasteiger partial charge in [0.25, 0.3) is 0 Å². The summed E-state index contributed by atoms with van der Waals surface area (Å²) in [5.74, 6) is 0.861. The fraction of sp³-hybridized carbons (Fsp3) is 0.538. The van der Waals surface area contributed by atoms with Crippen LogP contribution >= 0.6 is 15.9 Å². The monoisotopic (exact) mass is 267 g/mol. The first-order valence-corrected chi connectivity index (χ1v) is 6.51. The molecule has 1 aromatic rings. The van der Waals surface area contributed by atoms with Crippen LogP contribution in [-0.2, 0) is 0 Å². The van der Waals surface area contributed by atoms with Crippen LogP contribution in [0.4, 0.5) is 0 Å². The molecule has 1 aliphatic carbocycles. The van der Waals surface area contributed by atoms with E-state index in [0.717, 1.165) is 12.5 Å². The molecule has 0 saturated heterocycles. The Morgan fingerprint density at radius 1 is 1.47 bits per heavy atom. The van der Waals surface area contributed by atoms with Crippen molar-refractivity contribution in [3.8, 4) is 0 Å². The molecular formula is C13H18BrN. The Bertz CT molecular complexity index is 344. The van der Waals surface area contributed by atoms with Gasteiger partial charge in [0.15, 0.2) is 0 Å². The zero-order chi connectivity index (χ0) is 10.8. The number of nitrogens with one attached hydrogen (secondary N) is 1.